The number of aromatic hydroxyl groups is 1. The highest BCUT2D eigenvalue weighted by molar-refractivity contribution is 5.79. The normalized spacial score (nSPS) is 10.4. The maximum absolute atomic E-state index is 8.94. The van der Waals surface area contributed by atoms with Gasteiger partial charge < -0.3 is 10.1 Å². The Morgan fingerprint density at radius 2 is 2.10 bits per heavy atom. The molecule has 0 spiro atoms. The van der Waals surface area contributed by atoms with Gasteiger partial charge in [-0.3, -0.25) is 0 Å². The summed E-state index contributed by atoms with van der Waals surface area (Å²) in [7, 11) is 0. The van der Waals surface area contributed by atoms with E-state index in [9.17, 15) is 0 Å². The number of aromatic nitrogens is 3. The van der Waals surface area contributed by atoms with E-state index in [0.29, 0.717) is 0 Å². The molecule has 4 nitrogen and oxygen atoms in total. The second-order valence-electron chi connectivity index (χ2n) is 2.01. The number of hydrogen-bond donors (Lipinski definition) is 2. The van der Waals surface area contributed by atoms with Crippen molar-refractivity contribution in [2.24, 2.45) is 0 Å². The quantitative estimate of drug-likeness (QED) is 0.557. The number of nitrogens with zero attached hydrogens (tertiary/aromatic N) is 2. The van der Waals surface area contributed by atoms with Crippen molar-refractivity contribution in [3.05, 3.63) is 18.5 Å². The molecule has 10 heavy (non-hydrogen) atoms. The number of hydrogen-bond acceptors (Lipinski definition) is 3. The summed E-state index contributed by atoms with van der Waals surface area (Å²) >= 11 is 0. The minimum atomic E-state index is 0.143. The second kappa shape index (κ2) is 1.70. The number of aromatic amines is 1. The molecule has 0 aromatic carbocycles. The molecule has 0 atom stereocenters. The molecule has 2 aromatic rings. The van der Waals surface area contributed by atoms with E-state index in [2.05, 4.69) is 15.2 Å². The molecule has 0 aliphatic carbocycles. The van der Waals surface area contributed by atoms with Crippen LogP contribution < -0.4 is 0 Å². The average molecular weight is 135 g/mol. The summed E-state index contributed by atoms with van der Waals surface area (Å²) in [4.78, 5) is 2.71. The van der Waals surface area contributed by atoms with Crippen LogP contribution in [0.2, 0.25) is 0 Å². The van der Waals surface area contributed by atoms with Crippen molar-refractivity contribution in [1.29, 1.82) is 0 Å². The van der Waals surface area contributed by atoms with Crippen molar-refractivity contribution >= 4 is 10.9 Å². The molecule has 2 N–H and O–H groups in total. The Morgan fingerprint density at radius 3 is 2.90 bits per heavy atom. The Bertz CT molecular complexity index is 322. The van der Waals surface area contributed by atoms with Crippen molar-refractivity contribution < 1.29 is 5.11 Å². The van der Waals surface area contributed by atoms with Crippen molar-refractivity contribution in [2.75, 3.05) is 0 Å². The van der Waals surface area contributed by atoms with Crippen LogP contribution in [0.4, 0.5) is 0 Å². The minimum absolute atomic E-state index is 0.143. The zero-order valence-electron chi connectivity index (χ0n) is 5.07. The summed E-state index contributed by atoms with van der Waals surface area (Å²) in [5, 5.41) is 17.1. The largest absolute Gasteiger partial charge is 0.495 e. The molecule has 0 fully saturated rings. The van der Waals surface area contributed by atoms with Crippen molar-refractivity contribution in [1.82, 2.24) is 15.2 Å². The number of rotatable bonds is 0. The molecule has 0 unspecified atom stereocenters. The van der Waals surface area contributed by atoms with E-state index in [-0.39, 0.29) is 5.88 Å². The zero-order chi connectivity index (χ0) is 6.97. The molecule has 0 saturated carbocycles. The van der Waals surface area contributed by atoms with E-state index >= 15 is 0 Å². The third-order valence-corrected chi connectivity index (χ3v) is 1.32. The molecule has 4 heteroatoms. The smallest absolute Gasteiger partial charge is 0.189 e. The fourth-order valence-corrected chi connectivity index (χ4v) is 0.871. The monoisotopic (exact) mass is 135 g/mol. The van der Waals surface area contributed by atoms with Gasteiger partial charge in [-0.15, -0.1) is 0 Å². The minimum Gasteiger partial charge on any atom is -0.495 e. The number of fused-ring (bicyclic) bond motifs is 1. The molecule has 0 radical (unpaired) electrons. The number of H-pyrrole nitrogens is 1. The Morgan fingerprint density at radius 1 is 1.30 bits per heavy atom. The maximum atomic E-state index is 8.94. The van der Waals surface area contributed by atoms with E-state index in [1.165, 1.54) is 0 Å². The zero-order valence-corrected chi connectivity index (χ0v) is 5.07. The molecule has 0 aliphatic heterocycles. The molecular weight excluding hydrogens is 130 g/mol. The van der Waals surface area contributed by atoms with E-state index in [1.807, 2.05) is 0 Å². The highest BCUT2D eigenvalue weighted by atomic mass is 16.3. The molecule has 0 aliphatic rings. The van der Waals surface area contributed by atoms with Gasteiger partial charge in [-0.1, -0.05) is 0 Å². The van der Waals surface area contributed by atoms with Gasteiger partial charge in [0.25, 0.3) is 0 Å². The van der Waals surface area contributed by atoms with Crippen LogP contribution in [-0.2, 0) is 0 Å². The van der Waals surface area contributed by atoms with Crippen LogP contribution in [0.1, 0.15) is 0 Å². The lowest BCUT2D eigenvalue weighted by atomic mass is 10.4. The first-order chi connectivity index (χ1) is 4.86. The molecule has 2 heterocycles. The van der Waals surface area contributed by atoms with Gasteiger partial charge in [-0.05, 0) is 0 Å². The highest BCUT2D eigenvalue weighted by Gasteiger charge is 1.96. The Labute approximate surface area is 56.5 Å². The average Bonchev–Trinajstić information content (AvgIpc) is 2.27. The summed E-state index contributed by atoms with van der Waals surface area (Å²) in [5.74, 6) is 0.143. The molecule has 0 saturated heterocycles. The molecular formula is C6H5N3O. The van der Waals surface area contributed by atoms with E-state index in [1.54, 1.807) is 18.5 Å². The summed E-state index contributed by atoms with van der Waals surface area (Å²) in [6.07, 6.45) is 3.15. The van der Waals surface area contributed by atoms with Gasteiger partial charge in [-0.2, -0.15) is 10.2 Å². The van der Waals surface area contributed by atoms with E-state index < -0.39 is 0 Å². The fourth-order valence-electron chi connectivity index (χ4n) is 0.871. The van der Waals surface area contributed by atoms with Gasteiger partial charge in [0.2, 0.25) is 0 Å². The first-order valence-corrected chi connectivity index (χ1v) is 2.84. The van der Waals surface area contributed by atoms with Crippen molar-refractivity contribution in [3.63, 3.8) is 0 Å². The molecule has 0 amide bonds. The third-order valence-electron chi connectivity index (χ3n) is 1.32. The van der Waals surface area contributed by atoms with Crippen LogP contribution in [0.25, 0.3) is 10.9 Å². The predicted molar refractivity (Wildman–Crippen MR) is 35.6 cm³/mol. The Kier molecular flexibility index (Phi) is 0.887. The van der Waals surface area contributed by atoms with Crippen LogP contribution in [-0.4, -0.2) is 20.3 Å². The maximum Gasteiger partial charge on any atom is 0.189 e. The highest BCUT2D eigenvalue weighted by Crippen LogP contribution is 2.15. The standard InChI is InChI=1S/C6H5N3O/c10-6-1-4-2-7-8-3-5(4)9-6/h1-3,9-10H. The third kappa shape index (κ3) is 0.621. The molecule has 50 valence electrons. The first-order valence-electron chi connectivity index (χ1n) is 2.84. The van der Waals surface area contributed by atoms with Crippen LogP contribution >= 0.6 is 0 Å². The summed E-state index contributed by atoms with van der Waals surface area (Å²) < 4.78 is 0. The van der Waals surface area contributed by atoms with Gasteiger partial charge in [0.15, 0.2) is 5.88 Å². The molecule has 0 bridgehead atoms. The summed E-state index contributed by atoms with van der Waals surface area (Å²) in [6.45, 7) is 0. The lowest BCUT2D eigenvalue weighted by Gasteiger charge is -1.81. The van der Waals surface area contributed by atoms with Crippen molar-refractivity contribution in [3.8, 4) is 5.88 Å². The number of nitrogens with one attached hydrogen (secondary N) is 1. The molecule has 2 rings (SSSR count). The van der Waals surface area contributed by atoms with Crippen LogP contribution in [0.3, 0.4) is 0 Å². The van der Waals surface area contributed by atoms with Gasteiger partial charge >= 0.3 is 0 Å². The lowest BCUT2D eigenvalue weighted by molar-refractivity contribution is 0.458. The Balaban J connectivity index is 2.88. The second-order valence-corrected chi connectivity index (χ2v) is 2.01. The van der Waals surface area contributed by atoms with Crippen LogP contribution in [0, 0.1) is 0 Å². The molecule has 2 aromatic heterocycles. The summed E-state index contributed by atoms with van der Waals surface area (Å²) in [6, 6.07) is 1.60. The van der Waals surface area contributed by atoms with Gasteiger partial charge in [-0.25, -0.2) is 0 Å². The topological polar surface area (TPSA) is 61.8 Å². The fraction of sp³-hybridized carbons (Fsp3) is 0. The van der Waals surface area contributed by atoms with Gasteiger partial charge in [0.1, 0.15) is 0 Å². The Hall–Kier alpha value is -1.58. The van der Waals surface area contributed by atoms with E-state index in [0.717, 1.165) is 10.9 Å². The first kappa shape index (κ1) is 5.22. The lowest BCUT2D eigenvalue weighted by Crippen LogP contribution is -1.75. The van der Waals surface area contributed by atoms with E-state index in [4.69, 9.17) is 5.11 Å². The van der Waals surface area contributed by atoms with Crippen molar-refractivity contribution in [2.45, 2.75) is 0 Å². The van der Waals surface area contributed by atoms with Crippen LogP contribution in [0.15, 0.2) is 18.5 Å². The van der Waals surface area contributed by atoms with Crippen LogP contribution in [0.5, 0.6) is 5.88 Å². The van der Waals surface area contributed by atoms with Gasteiger partial charge in [0, 0.05) is 11.5 Å². The van der Waals surface area contributed by atoms with Gasteiger partial charge in [0.05, 0.1) is 17.9 Å². The predicted octanol–water partition coefficient (Wildman–Crippen LogP) is 0.663. The summed E-state index contributed by atoms with van der Waals surface area (Å²) in [5.41, 5.74) is 0.799. The SMILES string of the molecule is Oc1cc2cnncc2[nH]1.